The highest BCUT2D eigenvalue weighted by atomic mass is 35.5. The number of benzene rings is 1. The number of ether oxygens (including phenoxy) is 1. The largest absolute Gasteiger partial charge is 0.503 e. The Labute approximate surface area is 148 Å². The van der Waals surface area contributed by atoms with Gasteiger partial charge in [0.1, 0.15) is 6.61 Å². The Balaban J connectivity index is 2.03. The number of halogens is 6. The van der Waals surface area contributed by atoms with Crippen molar-refractivity contribution in [1.82, 2.24) is 5.01 Å². The molecule has 12 heteroatoms. The summed E-state index contributed by atoms with van der Waals surface area (Å²) < 4.78 is 69.4. The van der Waals surface area contributed by atoms with E-state index >= 15 is 0 Å². The molecule has 0 saturated heterocycles. The summed E-state index contributed by atoms with van der Waals surface area (Å²) >= 11 is 4.69. The highest BCUT2D eigenvalue weighted by molar-refractivity contribution is 8.14. The van der Waals surface area contributed by atoms with Crippen LogP contribution in [0.25, 0.3) is 0 Å². The van der Waals surface area contributed by atoms with E-state index in [9.17, 15) is 26.7 Å². The molecular formula is C13H11ClF5N3O2S. The number of thioether (sulfide) groups is 1. The van der Waals surface area contributed by atoms with Gasteiger partial charge in [0.15, 0.2) is 5.04 Å². The molecule has 0 radical (unpaired) electrons. The van der Waals surface area contributed by atoms with Crippen LogP contribution in [0.1, 0.15) is 0 Å². The Hall–Kier alpha value is -1.59. The lowest BCUT2D eigenvalue weighted by Crippen LogP contribution is -2.41. The maximum atomic E-state index is 13.0. The van der Waals surface area contributed by atoms with Crippen molar-refractivity contribution in [2.24, 2.45) is 5.10 Å². The Morgan fingerprint density at radius 3 is 2.44 bits per heavy atom. The standard InChI is InChI=1S/C13H11ClF5N3O2S/c1-21(8-5-3-2-4-6-8)9(23)7-24-11-22(13(17,18)19)20-10(25-11)12(14,15)16/h2-6,11H,7H2,1H3. The molecule has 1 unspecified atom stereocenters. The zero-order chi connectivity index (χ0) is 18.8. The molecule has 1 aromatic carbocycles. The fourth-order valence-corrected chi connectivity index (χ4v) is 2.79. The number of anilines is 1. The van der Waals surface area contributed by atoms with Crippen LogP contribution in [0.3, 0.4) is 0 Å². The van der Waals surface area contributed by atoms with E-state index < -0.39 is 39.8 Å². The zero-order valence-electron chi connectivity index (χ0n) is 12.5. The van der Waals surface area contributed by atoms with Crippen LogP contribution in [0.5, 0.6) is 0 Å². The molecule has 0 saturated carbocycles. The van der Waals surface area contributed by atoms with E-state index in [0.29, 0.717) is 5.69 Å². The van der Waals surface area contributed by atoms with Gasteiger partial charge in [-0.25, -0.2) is 0 Å². The Kier molecular flexibility index (Phi) is 5.79. The number of nitrogens with zero attached hydrogens (tertiary/aromatic N) is 3. The molecule has 25 heavy (non-hydrogen) atoms. The lowest BCUT2D eigenvalue weighted by molar-refractivity contribution is -0.272. The second kappa shape index (κ2) is 7.34. The van der Waals surface area contributed by atoms with Crippen LogP contribution in [0.4, 0.5) is 27.6 Å². The SMILES string of the molecule is CN(C(=O)COC1SC(C(F)(F)Cl)=NN1C(F)(F)F)c1ccccc1. The van der Waals surface area contributed by atoms with E-state index in [1.165, 1.54) is 7.05 Å². The number of alkyl halides is 6. The molecule has 1 heterocycles. The summed E-state index contributed by atoms with van der Waals surface area (Å²) in [6.45, 7) is -0.772. The molecule has 0 bridgehead atoms. The first-order chi connectivity index (χ1) is 11.5. The third kappa shape index (κ3) is 4.95. The molecule has 0 spiro atoms. The van der Waals surface area contributed by atoms with Gasteiger partial charge in [-0.2, -0.15) is 18.9 Å². The number of carbonyl (C=O) groups is 1. The topological polar surface area (TPSA) is 45.1 Å². The highest BCUT2D eigenvalue weighted by Crippen LogP contribution is 2.41. The second-order valence-electron chi connectivity index (χ2n) is 4.74. The molecular weight excluding hydrogens is 393 g/mol. The third-order valence-electron chi connectivity index (χ3n) is 2.98. The van der Waals surface area contributed by atoms with Crippen molar-refractivity contribution in [3.8, 4) is 0 Å². The highest BCUT2D eigenvalue weighted by Gasteiger charge is 2.51. The molecule has 0 fully saturated rings. The Morgan fingerprint density at radius 1 is 1.32 bits per heavy atom. The molecule has 0 N–H and O–H groups in total. The molecule has 1 aliphatic heterocycles. The van der Waals surface area contributed by atoms with Gasteiger partial charge in [-0.1, -0.05) is 18.2 Å². The quantitative estimate of drug-likeness (QED) is 0.427. The van der Waals surface area contributed by atoms with E-state index in [0.717, 1.165) is 4.90 Å². The van der Waals surface area contributed by atoms with Gasteiger partial charge >= 0.3 is 11.7 Å². The van der Waals surface area contributed by atoms with Crippen molar-refractivity contribution in [1.29, 1.82) is 0 Å². The molecule has 5 nitrogen and oxygen atoms in total. The molecule has 0 aromatic heterocycles. The fraction of sp³-hybridized carbons (Fsp3) is 0.385. The van der Waals surface area contributed by atoms with Crippen LogP contribution in [0, 0.1) is 0 Å². The number of hydrogen-bond acceptors (Lipinski definition) is 5. The lowest BCUT2D eigenvalue weighted by atomic mass is 10.3. The van der Waals surface area contributed by atoms with E-state index in [-0.39, 0.29) is 11.8 Å². The van der Waals surface area contributed by atoms with Gasteiger partial charge in [0.05, 0.1) is 0 Å². The van der Waals surface area contributed by atoms with Crippen molar-refractivity contribution in [3.63, 3.8) is 0 Å². The van der Waals surface area contributed by atoms with Crippen molar-refractivity contribution >= 4 is 40.0 Å². The molecule has 1 aromatic rings. The summed E-state index contributed by atoms with van der Waals surface area (Å²) in [5.41, 5.74) is -1.49. The van der Waals surface area contributed by atoms with Crippen molar-refractivity contribution in [3.05, 3.63) is 30.3 Å². The number of likely N-dealkylation sites (N-methyl/N-ethyl adjacent to an activating group) is 1. The predicted molar refractivity (Wildman–Crippen MR) is 83.3 cm³/mol. The summed E-state index contributed by atoms with van der Waals surface area (Å²) in [6.07, 6.45) is -5.07. The summed E-state index contributed by atoms with van der Waals surface area (Å²) in [5, 5.41) is -3.20. The number of rotatable bonds is 5. The van der Waals surface area contributed by atoms with Crippen LogP contribution >= 0.6 is 23.4 Å². The summed E-state index contributed by atoms with van der Waals surface area (Å²) in [6, 6.07) is 8.28. The van der Waals surface area contributed by atoms with Crippen molar-refractivity contribution in [2.45, 2.75) is 17.2 Å². The molecule has 1 amide bonds. The normalized spacial score (nSPS) is 18.3. The van der Waals surface area contributed by atoms with Gasteiger partial charge in [-0.3, -0.25) is 4.79 Å². The molecule has 1 atom stereocenters. The molecule has 2 rings (SSSR count). The number of hydrogen-bond donors (Lipinski definition) is 0. The van der Waals surface area contributed by atoms with Gasteiger partial charge in [0.25, 0.3) is 5.91 Å². The maximum absolute atomic E-state index is 13.0. The zero-order valence-corrected chi connectivity index (χ0v) is 14.1. The van der Waals surface area contributed by atoms with Crippen LogP contribution in [0.15, 0.2) is 35.4 Å². The van der Waals surface area contributed by atoms with Crippen LogP contribution < -0.4 is 4.90 Å². The lowest BCUT2D eigenvalue weighted by Gasteiger charge is -2.25. The van der Waals surface area contributed by atoms with Crippen LogP contribution in [-0.2, 0) is 9.53 Å². The van der Waals surface area contributed by atoms with Gasteiger partial charge in [0.2, 0.25) is 5.56 Å². The van der Waals surface area contributed by atoms with E-state index in [1.807, 2.05) is 0 Å². The van der Waals surface area contributed by atoms with Crippen LogP contribution in [-0.4, -0.2) is 46.9 Å². The summed E-state index contributed by atoms with van der Waals surface area (Å²) in [7, 11) is 1.40. The van der Waals surface area contributed by atoms with E-state index in [4.69, 9.17) is 16.3 Å². The second-order valence-corrected chi connectivity index (χ2v) is 6.24. The number of para-hydroxylation sites is 1. The minimum absolute atomic E-state index is 0.0169. The van der Waals surface area contributed by atoms with Gasteiger partial charge < -0.3 is 9.64 Å². The summed E-state index contributed by atoms with van der Waals surface area (Å²) in [4.78, 5) is 13.2. The van der Waals surface area contributed by atoms with E-state index in [2.05, 4.69) is 5.10 Å². The van der Waals surface area contributed by atoms with Gasteiger partial charge in [0, 0.05) is 12.7 Å². The Bertz CT molecular complexity index is 653. The fourth-order valence-electron chi connectivity index (χ4n) is 1.75. The van der Waals surface area contributed by atoms with Gasteiger partial charge in [-0.05, 0) is 35.5 Å². The number of hydrazone groups is 1. The average molecular weight is 404 g/mol. The minimum atomic E-state index is -5.07. The molecule has 1 aliphatic rings. The smallest absolute Gasteiger partial charge is 0.337 e. The maximum Gasteiger partial charge on any atom is 0.503 e. The summed E-state index contributed by atoms with van der Waals surface area (Å²) in [5.74, 6) is -0.667. The number of carbonyl (C=O) groups excluding carboxylic acids is 1. The third-order valence-corrected chi connectivity index (χ3v) is 4.37. The van der Waals surface area contributed by atoms with Crippen molar-refractivity contribution in [2.75, 3.05) is 18.6 Å². The van der Waals surface area contributed by atoms with Crippen molar-refractivity contribution < 1.29 is 31.5 Å². The predicted octanol–water partition coefficient (Wildman–Crippen LogP) is 3.66. The first-order valence-electron chi connectivity index (χ1n) is 6.62. The first kappa shape index (κ1) is 19.7. The monoisotopic (exact) mass is 403 g/mol. The molecule has 138 valence electrons. The Morgan fingerprint density at radius 2 is 1.92 bits per heavy atom. The first-order valence-corrected chi connectivity index (χ1v) is 7.87. The van der Waals surface area contributed by atoms with Crippen LogP contribution in [0.2, 0.25) is 0 Å². The average Bonchev–Trinajstić information content (AvgIpc) is 2.97. The van der Waals surface area contributed by atoms with E-state index in [1.54, 1.807) is 30.3 Å². The minimum Gasteiger partial charge on any atom is -0.337 e. The number of amides is 1. The van der Waals surface area contributed by atoms with Gasteiger partial charge in [-0.15, -0.1) is 13.2 Å². The molecule has 0 aliphatic carbocycles.